The molecule has 13 aromatic rings. The van der Waals surface area contributed by atoms with Crippen molar-refractivity contribution in [2.45, 2.75) is 0 Å². The van der Waals surface area contributed by atoms with E-state index in [1.807, 2.05) is 65.9 Å². The molecular formula is C58H34N6S. The van der Waals surface area contributed by atoms with Crippen LogP contribution in [-0.4, -0.2) is 24.1 Å². The van der Waals surface area contributed by atoms with E-state index in [1.54, 1.807) is 0 Å². The van der Waals surface area contributed by atoms with E-state index in [4.69, 9.17) is 15.0 Å². The topological polar surface area (TPSA) is 72.3 Å². The van der Waals surface area contributed by atoms with Crippen molar-refractivity contribution in [1.82, 2.24) is 24.1 Å². The van der Waals surface area contributed by atoms with E-state index in [2.05, 4.69) is 167 Å². The molecule has 0 aliphatic rings. The molecule has 0 fully saturated rings. The molecule has 6 nitrogen and oxygen atoms in total. The molecule has 0 radical (unpaired) electrons. The molecular weight excluding hydrogens is 813 g/mol. The molecule has 7 heteroatoms. The van der Waals surface area contributed by atoms with Crippen LogP contribution in [0.25, 0.3) is 120 Å². The van der Waals surface area contributed by atoms with Gasteiger partial charge in [-0.2, -0.15) is 5.26 Å². The highest BCUT2D eigenvalue weighted by Crippen LogP contribution is 2.51. The maximum Gasteiger partial charge on any atom is 0.164 e. The molecule has 302 valence electrons. The standard InChI is InChI=1S/C58H34N6S/c59-35-36-26-28-37(29-27-36)38-30-32-40(33-31-38)57-60-56(39-14-3-1-4-15-39)61-58(62-57)41-16-13-19-43(34-41)64-47-23-10-7-20-44(47)50-53-51(55-52(54(50)64)46-22-9-12-25-49(46)65-55)45-21-8-11-24-48(45)63(53)42-17-5-2-6-18-42/h1-34H. The van der Waals surface area contributed by atoms with Gasteiger partial charge in [0.05, 0.1) is 33.7 Å². The molecule has 0 bridgehead atoms. The number of para-hydroxylation sites is 3. The summed E-state index contributed by atoms with van der Waals surface area (Å²) >= 11 is 1.88. The molecule has 4 aromatic heterocycles. The van der Waals surface area contributed by atoms with Gasteiger partial charge in [0.2, 0.25) is 0 Å². The average Bonchev–Trinajstić information content (AvgIpc) is 4.05. The highest BCUT2D eigenvalue weighted by molar-refractivity contribution is 7.27. The lowest BCUT2D eigenvalue weighted by molar-refractivity contribution is 1.07. The summed E-state index contributed by atoms with van der Waals surface area (Å²) in [5, 5.41) is 16.7. The molecule has 0 spiro atoms. The van der Waals surface area contributed by atoms with Crippen molar-refractivity contribution in [2.75, 3.05) is 0 Å². The monoisotopic (exact) mass is 846 g/mol. The molecule has 4 heterocycles. The third kappa shape index (κ3) is 5.82. The number of nitrogens with zero attached hydrogens (tertiary/aromatic N) is 6. The van der Waals surface area contributed by atoms with Crippen LogP contribution < -0.4 is 0 Å². The summed E-state index contributed by atoms with van der Waals surface area (Å²) in [6.07, 6.45) is 0. The first-order valence-electron chi connectivity index (χ1n) is 21.6. The molecule has 13 rings (SSSR count). The van der Waals surface area contributed by atoms with E-state index in [9.17, 15) is 5.26 Å². The second-order valence-corrected chi connectivity index (χ2v) is 17.3. The molecule has 0 saturated carbocycles. The Labute approximate surface area is 377 Å². The van der Waals surface area contributed by atoms with Gasteiger partial charge in [0.1, 0.15) is 0 Å². The number of hydrogen-bond donors (Lipinski definition) is 0. The summed E-state index contributed by atoms with van der Waals surface area (Å²) in [5.41, 5.74) is 12.2. The summed E-state index contributed by atoms with van der Waals surface area (Å²) in [6, 6.07) is 74.2. The highest BCUT2D eigenvalue weighted by atomic mass is 32.1. The van der Waals surface area contributed by atoms with Crippen molar-refractivity contribution in [3.8, 4) is 62.7 Å². The van der Waals surface area contributed by atoms with Gasteiger partial charge in [-0.05, 0) is 65.7 Å². The van der Waals surface area contributed by atoms with Gasteiger partial charge in [-0.1, -0.05) is 152 Å². The second-order valence-electron chi connectivity index (χ2n) is 16.3. The van der Waals surface area contributed by atoms with Crippen LogP contribution in [0, 0.1) is 11.3 Å². The van der Waals surface area contributed by atoms with Crippen LogP contribution >= 0.6 is 11.3 Å². The van der Waals surface area contributed by atoms with Gasteiger partial charge in [0.15, 0.2) is 17.5 Å². The zero-order valence-corrected chi connectivity index (χ0v) is 35.5. The SMILES string of the molecule is N#Cc1ccc(-c2ccc(-c3nc(-c4ccccc4)nc(-c4cccc(-n5c6ccccc6c6c7c(c8ccccc8n7-c7ccccc7)c7sc8ccccc8c7c65)c4)n3)cc2)cc1. The molecule has 9 aromatic carbocycles. The smallest absolute Gasteiger partial charge is 0.164 e. The fourth-order valence-electron chi connectivity index (χ4n) is 9.68. The molecule has 0 atom stereocenters. The van der Waals surface area contributed by atoms with E-state index < -0.39 is 0 Å². The third-order valence-electron chi connectivity index (χ3n) is 12.6. The largest absolute Gasteiger partial charge is 0.308 e. The van der Waals surface area contributed by atoms with Crippen molar-refractivity contribution in [3.63, 3.8) is 0 Å². The van der Waals surface area contributed by atoms with Gasteiger partial charge < -0.3 is 9.13 Å². The minimum Gasteiger partial charge on any atom is -0.308 e. The third-order valence-corrected chi connectivity index (χ3v) is 13.8. The average molecular weight is 847 g/mol. The first-order chi connectivity index (χ1) is 32.2. The van der Waals surface area contributed by atoms with Gasteiger partial charge in [-0.25, -0.2) is 15.0 Å². The van der Waals surface area contributed by atoms with Crippen LogP contribution in [0.3, 0.4) is 0 Å². The Morgan fingerprint density at radius 1 is 0.385 bits per heavy atom. The number of aromatic nitrogens is 5. The number of fused-ring (bicyclic) bond motifs is 12. The van der Waals surface area contributed by atoms with Crippen molar-refractivity contribution in [1.29, 1.82) is 5.26 Å². The lowest BCUT2D eigenvalue weighted by atomic mass is 10.0. The molecule has 0 saturated heterocycles. The summed E-state index contributed by atoms with van der Waals surface area (Å²) < 4.78 is 7.47. The van der Waals surface area contributed by atoms with E-state index >= 15 is 0 Å². The van der Waals surface area contributed by atoms with Crippen molar-refractivity contribution in [2.24, 2.45) is 0 Å². The van der Waals surface area contributed by atoms with Gasteiger partial charge in [0, 0.05) is 69.8 Å². The van der Waals surface area contributed by atoms with E-state index in [1.165, 1.54) is 58.3 Å². The fraction of sp³-hybridized carbons (Fsp3) is 0. The number of thiophene rings is 1. The minimum atomic E-state index is 0.588. The molecule has 0 unspecified atom stereocenters. The van der Waals surface area contributed by atoms with Crippen LogP contribution in [0.2, 0.25) is 0 Å². The Balaban J connectivity index is 1.07. The van der Waals surface area contributed by atoms with Gasteiger partial charge in [-0.3, -0.25) is 0 Å². The first kappa shape index (κ1) is 36.9. The molecule has 0 aliphatic carbocycles. The van der Waals surface area contributed by atoms with Gasteiger partial charge >= 0.3 is 0 Å². The Hall–Kier alpha value is -8.70. The Bertz CT molecular complexity index is 4050. The zero-order valence-electron chi connectivity index (χ0n) is 34.7. The van der Waals surface area contributed by atoms with Crippen LogP contribution in [-0.2, 0) is 0 Å². The quantitative estimate of drug-likeness (QED) is 0.167. The second kappa shape index (κ2) is 14.7. The van der Waals surface area contributed by atoms with Crippen molar-refractivity contribution < 1.29 is 0 Å². The van der Waals surface area contributed by atoms with Crippen LogP contribution in [0.5, 0.6) is 0 Å². The predicted molar refractivity (Wildman–Crippen MR) is 268 cm³/mol. The maximum atomic E-state index is 9.32. The number of benzene rings is 9. The summed E-state index contributed by atoms with van der Waals surface area (Å²) in [4.78, 5) is 15.4. The number of rotatable bonds is 6. The predicted octanol–water partition coefficient (Wildman–Crippen LogP) is 15.0. The Kier molecular flexibility index (Phi) is 8.35. The number of hydrogen-bond acceptors (Lipinski definition) is 5. The Morgan fingerprint density at radius 2 is 0.846 bits per heavy atom. The summed E-state index contributed by atoms with van der Waals surface area (Å²) in [5.74, 6) is 1.78. The molecule has 65 heavy (non-hydrogen) atoms. The Morgan fingerprint density at radius 3 is 1.51 bits per heavy atom. The van der Waals surface area contributed by atoms with E-state index in [-0.39, 0.29) is 0 Å². The summed E-state index contributed by atoms with van der Waals surface area (Å²) in [7, 11) is 0. The van der Waals surface area contributed by atoms with Crippen molar-refractivity contribution in [3.05, 3.63) is 212 Å². The normalized spacial score (nSPS) is 11.7. The van der Waals surface area contributed by atoms with E-state index in [0.29, 0.717) is 23.0 Å². The van der Waals surface area contributed by atoms with E-state index in [0.717, 1.165) is 44.7 Å². The van der Waals surface area contributed by atoms with Crippen LogP contribution in [0.4, 0.5) is 0 Å². The number of nitriles is 1. The minimum absolute atomic E-state index is 0.588. The van der Waals surface area contributed by atoms with Crippen LogP contribution in [0.15, 0.2) is 206 Å². The molecule has 0 N–H and O–H groups in total. The fourth-order valence-corrected chi connectivity index (χ4v) is 10.9. The van der Waals surface area contributed by atoms with Crippen LogP contribution in [0.1, 0.15) is 5.56 Å². The van der Waals surface area contributed by atoms with Gasteiger partial charge in [-0.15, -0.1) is 11.3 Å². The maximum absolute atomic E-state index is 9.32. The van der Waals surface area contributed by atoms with Gasteiger partial charge in [0.25, 0.3) is 0 Å². The summed E-state index contributed by atoms with van der Waals surface area (Å²) in [6.45, 7) is 0. The highest BCUT2D eigenvalue weighted by Gasteiger charge is 2.27. The molecule has 0 aliphatic heterocycles. The molecule has 0 amide bonds. The lowest BCUT2D eigenvalue weighted by Crippen LogP contribution is -2.01. The van der Waals surface area contributed by atoms with Crippen molar-refractivity contribution >= 4 is 75.1 Å². The first-order valence-corrected chi connectivity index (χ1v) is 22.4. The zero-order chi connectivity index (χ0) is 43.0. The lowest BCUT2D eigenvalue weighted by Gasteiger charge is -2.13.